The Morgan fingerprint density at radius 1 is 1.32 bits per heavy atom. The van der Waals surface area contributed by atoms with Gasteiger partial charge in [0, 0.05) is 16.8 Å². The van der Waals surface area contributed by atoms with E-state index in [1.54, 1.807) is 0 Å². The Labute approximate surface area is 136 Å². The zero-order valence-electron chi connectivity index (χ0n) is 13.9. The summed E-state index contributed by atoms with van der Waals surface area (Å²) in [5.41, 5.74) is 0.663. The van der Waals surface area contributed by atoms with Crippen LogP contribution in [-0.2, 0) is 0 Å². The molecule has 2 N–H and O–H groups in total. The summed E-state index contributed by atoms with van der Waals surface area (Å²) in [4.78, 5) is 14.7. The van der Waals surface area contributed by atoms with Gasteiger partial charge in [-0.25, -0.2) is 4.79 Å². The van der Waals surface area contributed by atoms with Crippen LogP contribution in [0.25, 0.3) is 0 Å². The topological polar surface area (TPSA) is 60.8 Å². The van der Waals surface area contributed by atoms with Gasteiger partial charge in [0.15, 0.2) is 0 Å². The Balaban J connectivity index is 2.28. The molecule has 4 nitrogen and oxygen atoms in total. The molecule has 0 radical (unpaired) electrons. The number of aryl methyl sites for hydroxylation is 1. The molecule has 1 aromatic rings. The summed E-state index contributed by atoms with van der Waals surface area (Å²) >= 11 is 1.28. The van der Waals surface area contributed by atoms with Crippen LogP contribution in [0.1, 0.15) is 61.0 Å². The van der Waals surface area contributed by atoms with E-state index in [1.165, 1.54) is 11.3 Å². The number of aliphatic hydroxyl groups is 1. The normalized spacial score (nSPS) is 23.5. The van der Waals surface area contributed by atoms with E-state index in [1.807, 2.05) is 31.7 Å². The van der Waals surface area contributed by atoms with E-state index >= 15 is 0 Å². The maximum atomic E-state index is 11.5. The van der Waals surface area contributed by atoms with Crippen molar-refractivity contribution >= 4 is 23.0 Å². The van der Waals surface area contributed by atoms with Crippen molar-refractivity contribution in [2.45, 2.75) is 65.6 Å². The van der Waals surface area contributed by atoms with Crippen molar-refractivity contribution in [3.63, 3.8) is 0 Å². The highest BCUT2D eigenvalue weighted by atomic mass is 32.1. The number of thiophene rings is 1. The molecule has 0 saturated heterocycles. The van der Waals surface area contributed by atoms with Crippen molar-refractivity contribution in [1.29, 1.82) is 0 Å². The highest BCUT2D eigenvalue weighted by molar-refractivity contribution is 7.14. The molecule has 1 aliphatic carbocycles. The minimum absolute atomic E-state index is 0.0569. The number of hydrogen-bond acceptors (Lipinski definition) is 4. The molecule has 1 atom stereocenters. The molecule has 1 heterocycles. The lowest BCUT2D eigenvalue weighted by Gasteiger charge is -2.40. The van der Waals surface area contributed by atoms with E-state index in [0.29, 0.717) is 10.6 Å². The number of carboxylic acids is 1. The second-order valence-electron chi connectivity index (χ2n) is 6.81. The lowest BCUT2D eigenvalue weighted by atomic mass is 9.81. The van der Waals surface area contributed by atoms with Gasteiger partial charge in [-0.05, 0) is 45.6 Å². The van der Waals surface area contributed by atoms with E-state index in [0.717, 1.165) is 36.5 Å². The summed E-state index contributed by atoms with van der Waals surface area (Å²) < 4.78 is 0. The van der Waals surface area contributed by atoms with Crippen molar-refractivity contribution in [1.82, 2.24) is 0 Å². The van der Waals surface area contributed by atoms with E-state index in [4.69, 9.17) is 0 Å². The molecule has 1 aliphatic rings. The van der Waals surface area contributed by atoms with Gasteiger partial charge in [0.25, 0.3) is 0 Å². The molecule has 22 heavy (non-hydrogen) atoms. The first kappa shape index (κ1) is 17.3. The first-order valence-electron chi connectivity index (χ1n) is 8.11. The Morgan fingerprint density at radius 3 is 2.41 bits per heavy atom. The fraction of sp³-hybridized carbons (Fsp3) is 0.706. The highest BCUT2D eigenvalue weighted by Gasteiger charge is 2.33. The fourth-order valence-electron chi connectivity index (χ4n) is 3.38. The Hall–Kier alpha value is -1.07. The highest BCUT2D eigenvalue weighted by Crippen LogP contribution is 2.37. The van der Waals surface area contributed by atoms with Crippen molar-refractivity contribution in [3.05, 3.63) is 15.8 Å². The zero-order valence-corrected chi connectivity index (χ0v) is 14.7. The number of carboxylic acid groups (broad SMARTS) is 1. The van der Waals surface area contributed by atoms with Gasteiger partial charge < -0.3 is 15.1 Å². The molecule has 0 bridgehead atoms. The number of nitrogens with zero attached hydrogens (tertiary/aromatic N) is 1. The van der Waals surface area contributed by atoms with Crippen LogP contribution in [-0.4, -0.2) is 28.5 Å². The SMILES string of the molecule is Cc1cc(N(C(C)C)C(O)C2CCC(C)CC2)c(C(=O)O)s1. The van der Waals surface area contributed by atoms with Crippen LogP contribution < -0.4 is 4.90 Å². The summed E-state index contributed by atoms with van der Waals surface area (Å²) in [6.45, 7) is 8.18. The predicted octanol–water partition coefficient (Wildman–Crippen LogP) is 4.11. The Kier molecular flexibility index (Phi) is 5.50. The first-order chi connectivity index (χ1) is 10.3. The minimum atomic E-state index is -0.914. The van der Waals surface area contributed by atoms with Crippen molar-refractivity contribution < 1.29 is 15.0 Å². The molecule has 1 saturated carbocycles. The summed E-state index contributed by atoms with van der Waals surface area (Å²) in [5, 5.41) is 20.3. The van der Waals surface area contributed by atoms with Gasteiger partial charge in [-0.3, -0.25) is 0 Å². The lowest BCUT2D eigenvalue weighted by Crippen LogP contribution is -2.46. The van der Waals surface area contributed by atoms with Crippen LogP contribution in [0.3, 0.4) is 0 Å². The van der Waals surface area contributed by atoms with E-state index in [9.17, 15) is 15.0 Å². The van der Waals surface area contributed by atoms with E-state index in [-0.39, 0.29) is 12.0 Å². The summed E-state index contributed by atoms with van der Waals surface area (Å²) in [6, 6.07) is 1.95. The molecule has 1 aromatic heterocycles. The molecule has 2 rings (SSSR count). The summed E-state index contributed by atoms with van der Waals surface area (Å²) in [5.74, 6) is 0.0394. The number of anilines is 1. The molecule has 0 amide bonds. The molecule has 0 spiro atoms. The number of aliphatic hydroxyl groups excluding tert-OH is 1. The van der Waals surface area contributed by atoms with E-state index in [2.05, 4.69) is 6.92 Å². The Bertz CT molecular complexity index is 518. The monoisotopic (exact) mass is 325 g/mol. The standard InChI is InChI=1S/C17H27NO3S/c1-10(2)18(14-9-12(4)22-15(14)17(20)21)16(19)13-7-5-11(3)6-8-13/h9-11,13,16,19H,5-8H2,1-4H3,(H,20,21). The van der Waals surface area contributed by atoms with Crippen molar-refractivity contribution in [2.75, 3.05) is 4.90 Å². The average Bonchev–Trinajstić information content (AvgIpc) is 2.81. The van der Waals surface area contributed by atoms with Gasteiger partial charge in [-0.15, -0.1) is 11.3 Å². The lowest BCUT2D eigenvalue weighted by molar-refractivity contribution is 0.0658. The van der Waals surface area contributed by atoms with E-state index < -0.39 is 12.2 Å². The molecular formula is C17H27NO3S. The molecule has 0 aromatic carbocycles. The number of hydrogen-bond donors (Lipinski definition) is 2. The van der Waals surface area contributed by atoms with Gasteiger partial charge in [0.05, 0.1) is 5.69 Å². The summed E-state index contributed by atoms with van der Waals surface area (Å²) in [6.07, 6.45) is 3.69. The third kappa shape index (κ3) is 3.63. The van der Waals surface area contributed by atoms with Gasteiger partial charge >= 0.3 is 5.97 Å². The maximum Gasteiger partial charge on any atom is 0.348 e. The number of rotatable bonds is 5. The quantitative estimate of drug-likeness (QED) is 0.800. The van der Waals surface area contributed by atoms with Crippen molar-refractivity contribution in [3.8, 4) is 0 Å². The number of carbonyl (C=O) groups is 1. The van der Waals surface area contributed by atoms with Crippen molar-refractivity contribution in [2.24, 2.45) is 11.8 Å². The maximum absolute atomic E-state index is 11.5. The molecule has 1 fully saturated rings. The van der Waals surface area contributed by atoms with Crippen LogP contribution in [0.4, 0.5) is 5.69 Å². The van der Waals surface area contributed by atoms with Gasteiger partial charge in [-0.1, -0.05) is 19.8 Å². The third-order valence-electron chi connectivity index (χ3n) is 4.63. The van der Waals surface area contributed by atoms with Crippen LogP contribution in [0, 0.1) is 18.8 Å². The second-order valence-corrected chi connectivity index (χ2v) is 8.07. The molecule has 5 heteroatoms. The zero-order chi connectivity index (χ0) is 16.4. The van der Waals surface area contributed by atoms with Gasteiger partial charge in [0.1, 0.15) is 11.1 Å². The first-order valence-corrected chi connectivity index (χ1v) is 8.93. The molecule has 124 valence electrons. The fourth-order valence-corrected chi connectivity index (χ4v) is 4.23. The van der Waals surface area contributed by atoms with Crippen LogP contribution in [0.15, 0.2) is 6.07 Å². The average molecular weight is 325 g/mol. The molecule has 0 aliphatic heterocycles. The predicted molar refractivity (Wildman–Crippen MR) is 90.8 cm³/mol. The summed E-state index contributed by atoms with van der Waals surface area (Å²) in [7, 11) is 0. The smallest absolute Gasteiger partial charge is 0.348 e. The van der Waals surface area contributed by atoms with Crippen LogP contribution in [0.5, 0.6) is 0 Å². The molecular weight excluding hydrogens is 298 g/mol. The van der Waals surface area contributed by atoms with Gasteiger partial charge in [0.2, 0.25) is 0 Å². The third-order valence-corrected chi connectivity index (χ3v) is 5.66. The largest absolute Gasteiger partial charge is 0.477 e. The van der Waals surface area contributed by atoms with Crippen LogP contribution in [0.2, 0.25) is 0 Å². The van der Waals surface area contributed by atoms with Crippen LogP contribution >= 0.6 is 11.3 Å². The Morgan fingerprint density at radius 2 is 1.91 bits per heavy atom. The molecule has 1 unspecified atom stereocenters. The second kappa shape index (κ2) is 7.01. The van der Waals surface area contributed by atoms with Gasteiger partial charge in [-0.2, -0.15) is 0 Å². The number of aromatic carboxylic acids is 1. The minimum Gasteiger partial charge on any atom is -0.477 e.